The first kappa shape index (κ1) is 26.4. The topological polar surface area (TPSA) is 32.8 Å². The molecule has 0 saturated heterocycles. The molecule has 0 aliphatic heterocycles. The molecule has 0 unspecified atom stereocenters. The molecule has 0 saturated carbocycles. The van der Waals surface area contributed by atoms with E-state index < -0.39 is 0 Å². The Kier molecular flexibility index (Phi) is 10.3. The molecule has 184 valence electrons. The third kappa shape index (κ3) is 7.64. The molecule has 0 bridgehead atoms. The number of hydrogen-bond acceptors (Lipinski definition) is 4. The summed E-state index contributed by atoms with van der Waals surface area (Å²) in [5, 5.41) is 0. The van der Waals surface area contributed by atoms with Gasteiger partial charge in [0.15, 0.2) is 0 Å². The summed E-state index contributed by atoms with van der Waals surface area (Å²) in [6.07, 6.45) is 1.94. The zero-order valence-electron chi connectivity index (χ0n) is 21.2. The van der Waals surface area contributed by atoms with Crippen molar-refractivity contribution < 1.29 is 9.53 Å². The van der Waals surface area contributed by atoms with Crippen LogP contribution in [0.2, 0.25) is 0 Å². The van der Waals surface area contributed by atoms with Crippen molar-refractivity contribution in [3.05, 3.63) is 120 Å². The van der Waals surface area contributed by atoms with Gasteiger partial charge >= 0.3 is 5.97 Å². The zero-order chi connectivity index (χ0) is 25.0. The average molecular weight is 471 g/mol. The highest BCUT2D eigenvalue weighted by Gasteiger charge is 2.34. The van der Waals surface area contributed by atoms with Crippen LogP contribution >= 0.6 is 0 Å². The number of nitrogens with zero attached hydrogens (tertiary/aromatic N) is 2. The van der Waals surface area contributed by atoms with E-state index in [1.165, 1.54) is 23.8 Å². The van der Waals surface area contributed by atoms with Crippen molar-refractivity contribution in [1.82, 2.24) is 9.80 Å². The highest BCUT2D eigenvalue weighted by Crippen LogP contribution is 2.29. The van der Waals surface area contributed by atoms with Gasteiger partial charge in [-0.25, -0.2) is 0 Å². The van der Waals surface area contributed by atoms with E-state index in [9.17, 15) is 4.79 Å². The minimum Gasteiger partial charge on any atom is -0.469 e. The lowest BCUT2D eigenvalue weighted by atomic mass is 9.94. The molecule has 3 aromatic carbocycles. The normalized spacial score (nSPS) is 13.9. The molecule has 0 fully saturated rings. The molecule has 3 aromatic rings. The number of carbonyl (C=O) groups is 1. The Morgan fingerprint density at radius 1 is 0.857 bits per heavy atom. The standard InChI is InChI=1S/C31H38N2O2/c1-5-21-32(22-27-15-9-6-10-16-27)24-30(25(2)31(34)35-4)33(23-28-17-11-7-12-18-28)26(3)29-19-13-8-14-20-29/h5-20,25-26,30H,1,21-24H2,2-4H3/t25-,26-,30-/m0/s1. The minimum atomic E-state index is -0.307. The molecule has 0 radical (unpaired) electrons. The van der Waals surface area contributed by atoms with Crippen molar-refractivity contribution >= 4 is 5.97 Å². The molecular weight excluding hydrogens is 432 g/mol. The van der Waals surface area contributed by atoms with Crippen molar-refractivity contribution in [3.8, 4) is 0 Å². The first-order chi connectivity index (χ1) is 17.0. The van der Waals surface area contributed by atoms with E-state index in [4.69, 9.17) is 4.74 Å². The van der Waals surface area contributed by atoms with Crippen LogP contribution in [0.4, 0.5) is 0 Å². The van der Waals surface area contributed by atoms with Gasteiger partial charge in [0.1, 0.15) is 0 Å². The first-order valence-corrected chi connectivity index (χ1v) is 12.3. The monoisotopic (exact) mass is 470 g/mol. The van der Waals surface area contributed by atoms with Crippen LogP contribution in [0.15, 0.2) is 104 Å². The van der Waals surface area contributed by atoms with Crippen LogP contribution in [0.5, 0.6) is 0 Å². The Balaban J connectivity index is 1.99. The Bertz CT molecular complexity index is 1020. The smallest absolute Gasteiger partial charge is 0.310 e. The predicted molar refractivity (Wildman–Crippen MR) is 144 cm³/mol. The lowest BCUT2D eigenvalue weighted by Crippen LogP contribution is -2.50. The highest BCUT2D eigenvalue weighted by molar-refractivity contribution is 5.72. The average Bonchev–Trinajstić information content (AvgIpc) is 2.91. The van der Waals surface area contributed by atoms with Gasteiger partial charge in [-0.2, -0.15) is 0 Å². The number of hydrogen-bond donors (Lipinski definition) is 0. The summed E-state index contributed by atoms with van der Waals surface area (Å²) >= 11 is 0. The SMILES string of the molecule is C=CCN(Cc1ccccc1)C[C@@H]([C@H](C)C(=O)OC)N(Cc1ccccc1)[C@@H](C)c1ccccc1. The Labute approximate surface area is 210 Å². The molecule has 0 amide bonds. The van der Waals surface area contributed by atoms with Crippen LogP contribution in [-0.2, 0) is 22.6 Å². The molecule has 0 aliphatic rings. The highest BCUT2D eigenvalue weighted by atomic mass is 16.5. The summed E-state index contributed by atoms with van der Waals surface area (Å²) in [7, 11) is 1.48. The lowest BCUT2D eigenvalue weighted by molar-refractivity contribution is -0.148. The first-order valence-electron chi connectivity index (χ1n) is 12.3. The fourth-order valence-corrected chi connectivity index (χ4v) is 4.64. The van der Waals surface area contributed by atoms with Crippen molar-refractivity contribution in [2.24, 2.45) is 5.92 Å². The van der Waals surface area contributed by atoms with Gasteiger partial charge < -0.3 is 4.74 Å². The minimum absolute atomic E-state index is 0.0680. The molecule has 4 heteroatoms. The lowest BCUT2D eigenvalue weighted by Gasteiger charge is -2.41. The summed E-state index contributed by atoms with van der Waals surface area (Å²) in [6.45, 7) is 11.2. The van der Waals surface area contributed by atoms with Gasteiger partial charge in [-0.05, 0) is 23.6 Å². The second-order valence-electron chi connectivity index (χ2n) is 9.09. The molecule has 3 rings (SSSR count). The third-order valence-electron chi connectivity index (χ3n) is 6.65. The predicted octanol–water partition coefficient (Wildman–Crippen LogP) is 6.12. The van der Waals surface area contributed by atoms with Crippen LogP contribution in [0, 0.1) is 5.92 Å². The van der Waals surface area contributed by atoms with Crippen LogP contribution in [0.25, 0.3) is 0 Å². The van der Waals surface area contributed by atoms with Crippen molar-refractivity contribution in [2.75, 3.05) is 20.2 Å². The fraction of sp³-hybridized carbons (Fsp3) is 0.323. The Hall–Kier alpha value is -3.21. The summed E-state index contributed by atoms with van der Waals surface area (Å²) in [4.78, 5) is 17.7. The van der Waals surface area contributed by atoms with E-state index in [1.54, 1.807) is 0 Å². The maximum absolute atomic E-state index is 12.9. The van der Waals surface area contributed by atoms with E-state index in [2.05, 4.69) is 96.1 Å². The van der Waals surface area contributed by atoms with Crippen molar-refractivity contribution in [2.45, 2.75) is 39.0 Å². The molecule has 3 atom stereocenters. The molecule has 0 heterocycles. The molecule has 0 aliphatic carbocycles. The van der Waals surface area contributed by atoms with E-state index in [0.29, 0.717) is 6.54 Å². The number of esters is 1. The van der Waals surface area contributed by atoms with Crippen molar-refractivity contribution in [3.63, 3.8) is 0 Å². The fourth-order valence-electron chi connectivity index (χ4n) is 4.64. The van der Waals surface area contributed by atoms with Gasteiger partial charge in [0.05, 0.1) is 13.0 Å². The number of rotatable bonds is 13. The zero-order valence-corrected chi connectivity index (χ0v) is 21.2. The maximum atomic E-state index is 12.9. The molecule has 0 spiro atoms. The summed E-state index contributed by atoms with van der Waals surface area (Å²) in [6, 6.07) is 31.5. The largest absolute Gasteiger partial charge is 0.469 e. The number of carbonyl (C=O) groups excluding carboxylic acids is 1. The summed E-state index contributed by atoms with van der Waals surface area (Å²) in [5.41, 5.74) is 3.68. The number of methoxy groups -OCH3 is 1. The van der Waals surface area contributed by atoms with Crippen LogP contribution in [-0.4, -0.2) is 42.0 Å². The summed E-state index contributed by atoms with van der Waals surface area (Å²) in [5.74, 6) is -0.496. The molecular formula is C31H38N2O2. The summed E-state index contributed by atoms with van der Waals surface area (Å²) < 4.78 is 5.23. The molecule has 0 N–H and O–H groups in total. The van der Waals surface area contributed by atoms with Crippen LogP contribution in [0.1, 0.15) is 36.6 Å². The second-order valence-corrected chi connectivity index (χ2v) is 9.09. The Morgan fingerprint density at radius 2 is 1.37 bits per heavy atom. The van der Waals surface area contributed by atoms with Gasteiger partial charge in [0.2, 0.25) is 0 Å². The molecule has 0 aromatic heterocycles. The Morgan fingerprint density at radius 3 is 1.89 bits per heavy atom. The van der Waals surface area contributed by atoms with Crippen LogP contribution in [0.3, 0.4) is 0 Å². The maximum Gasteiger partial charge on any atom is 0.310 e. The van der Waals surface area contributed by atoms with Gasteiger partial charge in [-0.3, -0.25) is 14.6 Å². The van der Waals surface area contributed by atoms with Gasteiger partial charge in [-0.1, -0.05) is 104 Å². The second kappa shape index (κ2) is 13.6. The number of benzene rings is 3. The molecule has 4 nitrogen and oxygen atoms in total. The third-order valence-corrected chi connectivity index (χ3v) is 6.65. The van der Waals surface area contributed by atoms with E-state index in [-0.39, 0.29) is 24.0 Å². The van der Waals surface area contributed by atoms with Crippen LogP contribution < -0.4 is 0 Å². The van der Waals surface area contributed by atoms with Gasteiger partial charge in [-0.15, -0.1) is 6.58 Å². The van der Waals surface area contributed by atoms with E-state index >= 15 is 0 Å². The number of ether oxygens (including phenoxy) is 1. The van der Waals surface area contributed by atoms with E-state index in [0.717, 1.165) is 19.6 Å². The molecule has 35 heavy (non-hydrogen) atoms. The van der Waals surface area contributed by atoms with Crippen molar-refractivity contribution in [1.29, 1.82) is 0 Å². The van der Waals surface area contributed by atoms with E-state index in [1.807, 2.05) is 31.2 Å². The van der Waals surface area contributed by atoms with Gasteiger partial charge in [0.25, 0.3) is 0 Å². The quantitative estimate of drug-likeness (QED) is 0.223. The van der Waals surface area contributed by atoms with Gasteiger partial charge in [0, 0.05) is 38.3 Å².